The molecule has 0 aliphatic carbocycles. The van der Waals surface area contributed by atoms with E-state index in [-0.39, 0.29) is 11.4 Å². The number of methoxy groups -OCH3 is 1. The van der Waals surface area contributed by atoms with Gasteiger partial charge in [-0.1, -0.05) is 13.8 Å². The zero-order valence-electron chi connectivity index (χ0n) is 9.40. The SMILES string of the molecule is CC.COc1ncc(C)cc1C(=O)ON. The number of hydrogen-bond donors (Lipinski definition) is 1. The van der Waals surface area contributed by atoms with Crippen molar-refractivity contribution in [3.63, 3.8) is 0 Å². The van der Waals surface area contributed by atoms with Crippen molar-refractivity contribution in [3.05, 3.63) is 23.4 Å². The maximum Gasteiger partial charge on any atom is 0.362 e. The Kier molecular flexibility index (Phi) is 6.05. The summed E-state index contributed by atoms with van der Waals surface area (Å²) < 4.78 is 4.86. The molecular formula is C10H16N2O3. The zero-order valence-corrected chi connectivity index (χ0v) is 9.40. The Labute approximate surface area is 89.2 Å². The second kappa shape index (κ2) is 6.78. The van der Waals surface area contributed by atoms with E-state index in [2.05, 4.69) is 9.82 Å². The lowest BCUT2D eigenvalue weighted by atomic mass is 10.2. The van der Waals surface area contributed by atoms with Gasteiger partial charge in [0.2, 0.25) is 5.88 Å². The van der Waals surface area contributed by atoms with E-state index in [1.807, 2.05) is 13.8 Å². The molecule has 0 amide bonds. The Balaban J connectivity index is 0.000000921. The first kappa shape index (κ1) is 13.4. The van der Waals surface area contributed by atoms with Crippen LogP contribution in [0.25, 0.3) is 0 Å². The molecule has 5 nitrogen and oxygen atoms in total. The molecular weight excluding hydrogens is 196 g/mol. The van der Waals surface area contributed by atoms with Gasteiger partial charge in [0.05, 0.1) is 7.11 Å². The lowest BCUT2D eigenvalue weighted by Crippen LogP contribution is -2.12. The Hall–Kier alpha value is -1.62. The minimum absolute atomic E-state index is 0.209. The third-order valence-electron chi connectivity index (χ3n) is 1.51. The van der Waals surface area contributed by atoms with Crippen LogP contribution in [0.2, 0.25) is 0 Å². The molecule has 0 aliphatic rings. The summed E-state index contributed by atoms with van der Waals surface area (Å²) in [4.78, 5) is 19.0. The molecule has 0 aliphatic heterocycles. The number of aromatic nitrogens is 1. The molecule has 0 spiro atoms. The highest BCUT2D eigenvalue weighted by molar-refractivity contribution is 5.91. The van der Waals surface area contributed by atoms with Crippen LogP contribution in [-0.4, -0.2) is 18.1 Å². The average molecular weight is 212 g/mol. The van der Waals surface area contributed by atoms with Crippen LogP contribution < -0.4 is 10.6 Å². The van der Waals surface area contributed by atoms with Crippen LogP contribution in [0, 0.1) is 6.92 Å². The molecule has 0 saturated heterocycles. The summed E-state index contributed by atoms with van der Waals surface area (Å²) in [5, 5.41) is 0. The van der Waals surface area contributed by atoms with Gasteiger partial charge in [-0.25, -0.2) is 9.78 Å². The Bertz CT molecular complexity index is 326. The van der Waals surface area contributed by atoms with Gasteiger partial charge in [-0.3, -0.25) is 0 Å². The van der Waals surface area contributed by atoms with Gasteiger partial charge < -0.3 is 9.57 Å². The predicted octanol–water partition coefficient (Wildman–Crippen LogP) is 1.46. The lowest BCUT2D eigenvalue weighted by molar-refractivity contribution is 0.0498. The third kappa shape index (κ3) is 3.55. The highest BCUT2D eigenvalue weighted by Gasteiger charge is 2.14. The molecule has 0 atom stereocenters. The topological polar surface area (TPSA) is 74.4 Å². The molecule has 15 heavy (non-hydrogen) atoms. The summed E-state index contributed by atoms with van der Waals surface area (Å²) in [7, 11) is 1.42. The number of aryl methyl sites for hydroxylation is 1. The summed E-state index contributed by atoms with van der Waals surface area (Å²) >= 11 is 0. The molecule has 0 radical (unpaired) electrons. The second-order valence-electron chi connectivity index (χ2n) is 2.47. The molecule has 0 aromatic carbocycles. The molecule has 1 aromatic rings. The highest BCUT2D eigenvalue weighted by atomic mass is 16.7. The largest absolute Gasteiger partial charge is 0.480 e. The van der Waals surface area contributed by atoms with Crippen molar-refractivity contribution >= 4 is 5.97 Å². The van der Waals surface area contributed by atoms with Crippen LogP contribution in [0.15, 0.2) is 12.3 Å². The number of hydrogen-bond acceptors (Lipinski definition) is 5. The van der Waals surface area contributed by atoms with Crippen molar-refractivity contribution in [2.24, 2.45) is 5.90 Å². The Morgan fingerprint density at radius 1 is 1.47 bits per heavy atom. The smallest absolute Gasteiger partial charge is 0.362 e. The van der Waals surface area contributed by atoms with Crippen molar-refractivity contribution in [2.45, 2.75) is 20.8 Å². The number of carbonyl (C=O) groups is 1. The maximum absolute atomic E-state index is 11.1. The van der Waals surface area contributed by atoms with Crippen LogP contribution in [0.5, 0.6) is 5.88 Å². The molecule has 0 fully saturated rings. The van der Waals surface area contributed by atoms with Gasteiger partial charge in [0, 0.05) is 6.20 Å². The van der Waals surface area contributed by atoms with Gasteiger partial charge in [0.15, 0.2) is 0 Å². The number of ether oxygens (including phenoxy) is 1. The third-order valence-corrected chi connectivity index (χ3v) is 1.51. The Morgan fingerprint density at radius 3 is 2.53 bits per heavy atom. The summed E-state index contributed by atoms with van der Waals surface area (Å²) in [6.45, 7) is 5.81. The first-order chi connectivity index (χ1) is 7.19. The van der Waals surface area contributed by atoms with Crippen LogP contribution in [-0.2, 0) is 4.84 Å². The molecule has 0 unspecified atom stereocenters. The normalized spacial score (nSPS) is 8.60. The fourth-order valence-electron chi connectivity index (χ4n) is 0.929. The van der Waals surface area contributed by atoms with E-state index in [0.29, 0.717) is 0 Å². The summed E-state index contributed by atoms with van der Waals surface area (Å²) in [5.41, 5.74) is 1.06. The molecule has 1 heterocycles. The molecule has 1 rings (SSSR count). The quantitative estimate of drug-likeness (QED) is 0.751. The first-order valence-corrected chi connectivity index (χ1v) is 4.60. The van der Waals surface area contributed by atoms with E-state index in [4.69, 9.17) is 10.6 Å². The second-order valence-corrected chi connectivity index (χ2v) is 2.47. The van der Waals surface area contributed by atoms with Crippen molar-refractivity contribution in [3.8, 4) is 5.88 Å². The molecule has 2 N–H and O–H groups in total. The van der Waals surface area contributed by atoms with E-state index in [9.17, 15) is 4.79 Å². The zero-order chi connectivity index (χ0) is 11.8. The van der Waals surface area contributed by atoms with E-state index in [1.54, 1.807) is 19.2 Å². The standard InChI is InChI=1S/C8H10N2O3.C2H6/c1-5-3-6(8(11)13-9)7(12-2)10-4-5;1-2/h3-4H,9H2,1-2H3;1-2H3. The Morgan fingerprint density at radius 2 is 2.07 bits per heavy atom. The highest BCUT2D eigenvalue weighted by Crippen LogP contribution is 2.16. The van der Waals surface area contributed by atoms with Crippen LogP contribution in [0.3, 0.4) is 0 Å². The maximum atomic E-state index is 11.1. The summed E-state index contributed by atoms with van der Waals surface area (Å²) in [5.74, 6) is 4.29. The fourth-order valence-corrected chi connectivity index (χ4v) is 0.929. The predicted molar refractivity (Wildman–Crippen MR) is 56.5 cm³/mol. The monoisotopic (exact) mass is 212 g/mol. The first-order valence-electron chi connectivity index (χ1n) is 4.60. The molecule has 5 heteroatoms. The van der Waals surface area contributed by atoms with Gasteiger partial charge in [-0.2, -0.15) is 5.90 Å². The average Bonchev–Trinajstić information content (AvgIpc) is 2.30. The van der Waals surface area contributed by atoms with Gasteiger partial charge in [0.25, 0.3) is 0 Å². The number of nitrogens with zero attached hydrogens (tertiary/aromatic N) is 1. The minimum atomic E-state index is -0.659. The number of pyridine rings is 1. The molecule has 84 valence electrons. The number of nitrogens with two attached hydrogens (primary N) is 1. The van der Waals surface area contributed by atoms with E-state index in [0.717, 1.165) is 5.56 Å². The molecule has 0 bridgehead atoms. The van der Waals surface area contributed by atoms with Crippen molar-refractivity contribution in [1.82, 2.24) is 4.98 Å². The fraction of sp³-hybridized carbons (Fsp3) is 0.400. The van der Waals surface area contributed by atoms with Crippen molar-refractivity contribution in [1.29, 1.82) is 0 Å². The summed E-state index contributed by atoms with van der Waals surface area (Å²) in [6, 6.07) is 1.60. The van der Waals surface area contributed by atoms with Gasteiger partial charge in [-0.05, 0) is 18.6 Å². The number of carbonyl (C=O) groups excluding carboxylic acids is 1. The van der Waals surface area contributed by atoms with Crippen LogP contribution in [0.4, 0.5) is 0 Å². The number of rotatable bonds is 2. The van der Waals surface area contributed by atoms with Gasteiger partial charge >= 0.3 is 5.97 Å². The van der Waals surface area contributed by atoms with E-state index < -0.39 is 5.97 Å². The lowest BCUT2D eigenvalue weighted by Gasteiger charge is -2.04. The minimum Gasteiger partial charge on any atom is -0.480 e. The van der Waals surface area contributed by atoms with Crippen molar-refractivity contribution < 1.29 is 14.4 Å². The van der Waals surface area contributed by atoms with E-state index >= 15 is 0 Å². The van der Waals surface area contributed by atoms with Crippen molar-refractivity contribution in [2.75, 3.05) is 7.11 Å². The van der Waals surface area contributed by atoms with Gasteiger partial charge in [-0.15, -0.1) is 0 Å². The van der Waals surface area contributed by atoms with Gasteiger partial charge in [0.1, 0.15) is 5.56 Å². The summed E-state index contributed by atoms with van der Waals surface area (Å²) in [6.07, 6.45) is 1.59. The molecule has 0 saturated carbocycles. The van der Waals surface area contributed by atoms with E-state index in [1.165, 1.54) is 7.11 Å². The molecule has 1 aromatic heterocycles. The van der Waals surface area contributed by atoms with Crippen LogP contribution >= 0.6 is 0 Å². The van der Waals surface area contributed by atoms with Crippen LogP contribution in [0.1, 0.15) is 29.8 Å².